The minimum atomic E-state index is -0.424. The molecule has 0 atom stereocenters. The second-order valence-corrected chi connectivity index (χ2v) is 8.80. The molecule has 1 amide bonds. The Hall–Kier alpha value is -4.11. The number of rotatable bonds is 6. The number of carbonyl (C=O) groups excluding carboxylic acids is 1. The summed E-state index contributed by atoms with van der Waals surface area (Å²) in [7, 11) is 0. The van der Waals surface area contributed by atoms with Gasteiger partial charge in [0, 0.05) is 47.5 Å². The fraction of sp³-hybridized carbons (Fsp3) is 0.160. The molecule has 0 aliphatic carbocycles. The number of nitro benzene ring substituents is 1. The van der Waals surface area contributed by atoms with E-state index in [9.17, 15) is 14.9 Å². The number of amides is 1. The molecule has 1 saturated heterocycles. The van der Waals surface area contributed by atoms with E-state index in [1.54, 1.807) is 24.4 Å². The number of carbonyl (C=O) groups is 1. The van der Waals surface area contributed by atoms with Crippen LogP contribution in [0.3, 0.4) is 0 Å². The van der Waals surface area contributed by atoms with Gasteiger partial charge in [0.1, 0.15) is 10.7 Å². The van der Waals surface area contributed by atoms with Gasteiger partial charge in [0.05, 0.1) is 16.3 Å². The molecule has 0 radical (unpaired) electrons. The Morgan fingerprint density at radius 2 is 1.88 bits per heavy atom. The highest BCUT2D eigenvalue weighted by atomic mass is 32.1. The maximum absolute atomic E-state index is 12.9. The number of nitrogens with zero attached hydrogens (tertiary/aromatic N) is 4. The molecule has 170 valence electrons. The second kappa shape index (κ2) is 9.40. The standard InChI is InChI=1S/C25H21N5O3S/c31-24(18-9-10-22(23(15-18)30(32)33)29-12-3-4-13-29)27-19-7-5-6-17(14-19)21-16-34-25(28-21)20-8-1-2-11-26-20/h1-2,5-11,14-16H,3-4,12-13H2,(H,27,31). The molecule has 4 aromatic rings. The molecule has 5 rings (SSSR count). The van der Waals surface area contributed by atoms with Crippen LogP contribution in [0.2, 0.25) is 0 Å². The van der Waals surface area contributed by atoms with Gasteiger partial charge in [-0.05, 0) is 49.2 Å². The molecule has 34 heavy (non-hydrogen) atoms. The number of nitrogens with one attached hydrogen (secondary N) is 1. The van der Waals surface area contributed by atoms with Gasteiger partial charge in [-0.15, -0.1) is 11.3 Å². The van der Waals surface area contributed by atoms with E-state index >= 15 is 0 Å². The van der Waals surface area contributed by atoms with Gasteiger partial charge in [-0.3, -0.25) is 19.9 Å². The van der Waals surface area contributed by atoms with Crippen LogP contribution in [-0.4, -0.2) is 33.9 Å². The molecule has 2 aromatic carbocycles. The highest BCUT2D eigenvalue weighted by Crippen LogP contribution is 2.32. The molecule has 1 aliphatic rings. The Morgan fingerprint density at radius 1 is 1.03 bits per heavy atom. The van der Waals surface area contributed by atoms with Crippen molar-refractivity contribution in [1.82, 2.24) is 9.97 Å². The first-order valence-electron chi connectivity index (χ1n) is 10.9. The van der Waals surface area contributed by atoms with Crippen LogP contribution >= 0.6 is 11.3 Å². The number of nitro groups is 1. The van der Waals surface area contributed by atoms with E-state index in [-0.39, 0.29) is 11.3 Å². The molecular weight excluding hydrogens is 450 g/mol. The lowest BCUT2D eigenvalue weighted by Gasteiger charge is -2.17. The summed E-state index contributed by atoms with van der Waals surface area (Å²) < 4.78 is 0. The first-order valence-corrected chi connectivity index (χ1v) is 11.8. The van der Waals surface area contributed by atoms with Crippen LogP contribution in [0.5, 0.6) is 0 Å². The van der Waals surface area contributed by atoms with E-state index in [0.717, 1.165) is 47.9 Å². The van der Waals surface area contributed by atoms with E-state index in [2.05, 4.69) is 15.3 Å². The molecule has 1 fully saturated rings. The Morgan fingerprint density at radius 3 is 2.65 bits per heavy atom. The zero-order valence-corrected chi connectivity index (χ0v) is 19.0. The summed E-state index contributed by atoms with van der Waals surface area (Å²) in [5.74, 6) is -0.402. The van der Waals surface area contributed by atoms with Gasteiger partial charge in [0.25, 0.3) is 11.6 Å². The summed E-state index contributed by atoms with van der Waals surface area (Å²) >= 11 is 1.50. The first-order chi connectivity index (χ1) is 16.6. The third-order valence-corrected chi connectivity index (χ3v) is 6.55. The molecule has 0 unspecified atom stereocenters. The quantitative estimate of drug-likeness (QED) is 0.289. The maximum atomic E-state index is 12.9. The van der Waals surface area contributed by atoms with Gasteiger partial charge in [-0.2, -0.15) is 0 Å². The van der Waals surface area contributed by atoms with Crippen molar-refractivity contribution in [3.63, 3.8) is 0 Å². The van der Waals surface area contributed by atoms with Gasteiger partial charge in [0.15, 0.2) is 0 Å². The molecule has 3 heterocycles. The maximum Gasteiger partial charge on any atom is 0.293 e. The number of benzene rings is 2. The number of hydrogen-bond donors (Lipinski definition) is 1. The molecule has 0 bridgehead atoms. The summed E-state index contributed by atoms with van der Waals surface area (Å²) in [5, 5.41) is 17.3. The van der Waals surface area contributed by atoms with Crippen LogP contribution < -0.4 is 10.2 Å². The zero-order valence-electron chi connectivity index (χ0n) is 18.2. The van der Waals surface area contributed by atoms with Gasteiger partial charge in [0.2, 0.25) is 0 Å². The summed E-state index contributed by atoms with van der Waals surface area (Å²) in [6.45, 7) is 1.58. The fourth-order valence-electron chi connectivity index (χ4n) is 4.01. The molecular formula is C25H21N5O3S. The Bertz CT molecular complexity index is 1350. The molecule has 9 heteroatoms. The van der Waals surface area contributed by atoms with Crippen molar-refractivity contribution in [2.24, 2.45) is 0 Å². The highest BCUT2D eigenvalue weighted by molar-refractivity contribution is 7.13. The monoisotopic (exact) mass is 471 g/mol. The average molecular weight is 472 g/mol. The van der Waals surface area contributed by atoms with E-state index < -0.39 is 10.8 Å². The second-order valence-electron chi connectivity index (χ2n) is 7.94. The number of thiazole rings is 1. The number of anilines is 2. The van der Waals surface area contributed by atoms with Crippen molar-refractivity contribution < 1.29 is 9.72 Å². The normalized spacial score (nSPS) is 13.1. The third-order valence-electron chi connectivity index (χ3n) is 5.69. The molecule has 0 saturated carbocycles. The molecule has 1 aliphatic heterocycles. The fourth-order valence-corrected chi connectivity index (χ4v) is 4.81. The average Bonchev–Trinajstić information content (AvgIpc) is 3.57. The smallest absolute Gasteiger partial charge is 0.293 e. The van der Waals surface area contributed by atoms with Crippen LogP contribution in [0.1, 0.15) is 23.2 Å². The van der Waals surface area contributed by atoms with Crippen LogP contribution in [0.15, 0.2) is 72.2 Å². The minimum Gasteiger partial charge on any atom is -0.366 e. The van der Waals surface area contributed by atoms with Crippen LogP contribution in [0, 0.1) is 10.1 Å². The van der Waals surface area contributed by atoms with E-state index in [1.807, 2.05) is 46.7 Å². The topological polar surface area (TPSA) is 101 Å². The van der Waals surface area contributed by atoms with Crippen molar-refractivity contribution >= 4 is 34.3 Å². The van der Waals surface area contributed by atoms with Crippen molar-refractivity contribution in [3.05, 3.63) is 87.9 Å². The van der Waals surface area contributed by atoms with Crippen LogP contribution in [-0.2, 0) is 0 Å². The lowest BCUT2D eigenvalue weighted by Crippen LogP contribution is -2.19. The van der Waals surface area contributed by atoms with Gasteiger partial charge in [-0.25, -0.2) is 4.98 Å². The zero-order chi connectivity index (χ0) is 23.5. The molecule has 0 spiro atoms. The summed E-state index contributed by atoms with van der Waals surface area (Å²) in [6.07, 6.45) is 3.75. The lowest BCUT2D eigenvalue weighted by molar-refractivity contribution is -0.384. The summed E-state index contributed by atoms with van der Waals surface area (Å²) in [5.41, 5.74) is 3.79. The molecule has 8 nitrogen and oxygen atoms in total. The largest absolute Gasteiger partial charge is 0.366 e. The van der Waals surface area contributed by atoms with Gasteiger partial charge < -0.3 is 10.2 Å². The number of hydrogen-bond acceptors (Lipinski definition) is 7. The van der Waals surface area contributed by atoms with E-state index in [1.165, 1.54) is 17.4 Å². The molecule has 1 N–H and O–H groups in total. The molecule has 2 aromatic heterocycles. The van der Waals surface area contributed by atoms with Gasteiger partial charge in [-0.1, -0.05) is 18.2 Å². The first kappa shape index (κ1) is 21.7. The number of pyridine rings is 1. The summed E-state index contributed by atoms with van der Waals surface area (Å²) in [4.78, 5) is 35.1. The van der Waals surface area contributed by atoms with Crippen molar-refractivity contribution in [3.8, 4) is 22.0 Å². The minimum absolute atomic E-state index is 0.0483. The van der Waals surface area contributed by atoms with Gasteiger partial charge >= 0.3 is 0 Å². The van der Waals surface area contributed by atoms with Crippen molar-refractivity contribution in [2.45, 2.75) is 12.8 Å². The van der Waals surface area contributed by atoms with E-state index in [0.29, 0.717) is 11.4 Å². The summed E-state index contributed by atoms with van der Waals surface area (Å²) in [6, 6.07) is 17.7. The van der Waals surface area contributed by atoms with Crippen LogP contribution in [0.4, 0.5) is 17.1 Å². The van der Waals surface area contributed by atoms with Crippen LogP contribution in [0.25, 0.3) is 22.0 Å². The van der Waals surface area contributed by atoms with E-state index in [4.69, 9.17) is 0 Å². The predicted octanol–water partition coefficient (Wildman–Crippen LogP) is 5.63. The third kappa shape index (κ3) is 4.51. The SMILES string of the molecule is O=C(Nc1cccc(-c2csc(-c3ccccn3)n2)c1)c1ccc(N2CCCC2)c([N+](=O)[O-])c1. The highest BCUT2D eigenvalue weighted by Gasteiger charge is 2.24. The number of aromatic nitrogens is 2. The van der Waals surface area contributed by atoms with Crippen molar-refractivity contribution in [1.29, 1.82) is 0 Å². The lowest BCUT2D eigenvalue weighted by atomic mass is 10.1. The Labute approximate surface area is 200 Å². The Balaban J connectivity index is 1.36. The van der Waals surface area contributed by atoms with Crippen molar-refractivity contribution in [2.75, 3.05) is 23.3 Å². The predicted molar refractivity (Wildman–Crippen MR) is 133 cm³/mol. The Kier molecular flexibility index (Phi) is 6.01.